The maximum absolute atomic E-state index is 13.2. The van der Waals surface area contributed by atoms with Crippen LogP contribution in [0.5, 0.6) is 0 Å². The summed E-state index contributed by atoms with van der Waals surface area (Å²) in [5.41, 5.74) is 1.75. The van der Waals surface area contributed by atoms with Gasteiger partial charge in [0.05, 0.1) is 11.4 Å². The highest BCUT2D eigenvalue weighted by Crippen LogP contribution is 2.37. The molecule has 134 valence electrons. The van der Waals surface area contributed by atoms with Crippen LogP contribution in [0.3, 0.4) is 0 Å². The van der Waals surface area contributed by atoms with Gasteiger partial charge in [-0.2, -0.15) is 0 Å². The molecule has 0 spiro atoms. The lowest BCUT2D eigenvalue weighted by Crippen LogP contribution is -2.37. The van der Waals surface area contributed by atoms with E-state index in [1.165, 1.54) is 11.1 Å². The topological polar surface area (TPSA) is 61.8 Å². The molecule has 5 nitrogen and oxygen atoms in total. The van der Waals surface area contributed by atoms with Gasteiger partial charge in [-0.3, -0.25) is 19.5 Å². The zero-order valence-corrected chi connectivity index (χ0v) is 15.4. The molecule has 1 atom stereocenters. The molecule has 26 heavy (non-hydrogen) atoms. The maximum Gasteiger partial charge on any atom is 0.249 e. The third-order valence-electron chi connectivity index (χ3n) is 3.97. The Labute approximate surface area is 157 Å². The molecule has 1 unspecified atom stereocenters. The van der Waals surface area contributed by atoms with Crippen molar-refractivity contribution in [3.05, 3.63) is 53.6 Å². The maximum atomic E-state index is 13.2. The summed E-state index contributed by atoms with van der Waals surface area (Å²) in [6, 6.07) is 14.3. The van der Waals surface area contributed by atoms with E-state index in [9.17, 15) is 9.59 Å². The quantitative estimate of drug-likeness (QED) is 0.645. The highest BCUT2D eigenvalue weighted by molar-refractivity contribution is 6.32. The fourth-order valence-electron chi connectivity index (χ4n) is 2.73. The number of nitrogens with one attached hydrogen (secondary N) is 1. The van der Waals surface area contributed by atoms with Gasteiger partial charge in [0, 0.05) is 23.5 Å². The summed E-state index contributed by atoms with van der Waals surface area (Å²) in [7, 11) is 0. The summed E-state index contributed by atoms with van der Waals surface area (Å²) in [5.74, 6) is -1.41. The Morgan fingerprint density at radius 1 is 1.19 bits per heavy atom. The number of hydrogen-bond donors (Lipinski definition) is 1. The first-order chi connectivity index (χ1) is 12.5. The van der Waals surface area contributed by atoms with E-state index < -0.39 is 11.8 Å². The summed E-state index contributed by atoms with van der Waals surface area (Å²) in [4.78, 5) is 31.7. The number of aliphatic imine (C=N–C) groups is 1. The average Bonchev–Trinajstić information content (AvgIpc) is 2.70. The summed E-state index contributed by atoms with van der Waals surface area (Å²) in [6.45, 7) is 4.61. The smallest absolute Gasteiger partial charge is 0.249 e. The number of benzene rings is 2. The predicted octanol–water partition coefficient (Wildman–Crippen LogP) is 4.30. The number of fused-ring (bicyclic) bond motifs is 1. The lowest BCUT2D eigenvalue weighted by atomic mass is 10.1. The van der Waals surface area contributed by atoms with Crippen LogP contribution in [0.25, 0.3) is 0 Å². The van der Waals surface area contributed by atoms with Crippen LogP contribution < -0.4 is 10.2 Å². The first-order valence-electron chi connectivity index (χ1n) is 8.46. The molecule has 0 fully saturated rings. The molecule has 6 heteroatoms. The molecule has 0 aromatic heterocycles. The molecule has 0 saturated heterocycles. The molecule has 0 bridgehead atoms. The van der Waals surface area contributed by atoms with Crippen molar-refractivity contribution in [2.45, 2.75) is 13.8 Å². The monoisotopic (exact) mass is 369 g/mol. The second kappa shape index (κ2) is 7.70. The van der Waals surface area contributed by atoms with Crippen LogP contribution in [-0.2, 0) is 9.59 Å². The molecular formula is C20H20ClN3O2. The third-order valence-corrected chi connectivity index (χ3v) is 4.20. The van der Waals surface area contributed by atoms with Crippen molar-refractivity contribution in [2.75, 3.05) is 16.8 Å². The van der Waals surface area contributed by atoms with Crippen LogP contribution in [0.4, 0.5) is 17.1 Å². The summed E-state index contributed by atoms with van der Waals surface area (Å²) in [6.07, 6.45) is 1.45. The Morgan fingerprint density at radius 3 is 2.62 bits per heavy atom. The fourth-order valence-corrected chi connectivity index (χ4v) is 2.89. The molecule has 2 amide bonds. The molecule has 1 heterocycles. The second-order valence-electron chi connectivity index (χ2n) is 6.55. The van der Waals surface area contributed by atoms with Crippen molar-refractivity contribution in [2.24, 2.45) is 16.8 Å². The van der Waals surface area contributed by atoms with E-state index in [0.29, 0.717) is 34.5 Å². The van der Waals surface area contributed by atoms with E-state index in [0.717, 1.165) is 0 Å². The number of carbonyl (C=O) groups is 2. The van der Waals surface area contributed by atoms with Gasteiger partial charge in [0.25, 0.3) is 0 Å². The van der Waals surface area contributed by atoms with Crippen LogP contribution >= 0.6 is 11.6 Å². The minimum absolute atomic E-state index is 0.344. The fraction of sp³-hybridized carbons (Fsp3) is 0.250. The predicted molar refractivity (Wildman–Crippen MR) is 105 cm³/mol. The van der Waals surface area contributed by atoms with E-state index in [4.69, 9.17) is 11.6 Å². The molecule has 2 aromatic rings. The molecule has 0 saturated carbocycles. The van der Waals surface area contributed by atoms with Crippen LogP contribution in [0.15, 0.2) is 53.5 Å². The lowest BCUT2D eigenvalue weighted by Gasteiger charge is -2.24. The van der Waals surface area contributed by atoms with Gasteiger partial charge >= 0.3 is 0 Å². The van der Waals surface area contributed by atoms with Gasteiger partial charge in [0.15, 0.2) is 5.92 Å². The Morgan fingerprint density at radius 2 is 1.92 bits per heavy atom. The van der Waals surface area contributed by atoms with Crippen molar-refractivity contribution in [1.29, 1.82) is 0 Å². The van der Waals surface area contributed by atoms with E-state index in [2.05, 4.69) is 10.3 Å². The molecule has 0 aliphatic carbocycles. The standard InChI is InChI=1S/C20H20ClN3O2/c1-13(2)11-22-12-16-19(25)23-17-9-8-14(21)10-18(17)24(20(16)26)15-6-4-3-5-7-15/h3-10,12-13,16H,11H2,1-2H3,(H,23,25). The van der Waals surface area contributed by atoms with Gasteiger partial charge in [-0.15, -0.1) is 0 Å². The Kier molecular flexibility index (Phi) is 5.38. The van der Waals surface area contributed by atoms with E-state index >= 15 is 0 Å². The highest BCUT2D eigenvalue weighted by Gasteiger charge is 2.36. The van der Waals surface area contributed by atoms with Gasteiger partial charge in [0.1, 0.15) is 0 Å². The number of anilines is 3. The lowest BCUT2D eigenvalue weighted by molar-refractivity contribution is -0.127. The minimum atomic E-state index is -1.000. The van der Waals surface area contributed by atoms with Crippen LogP contribution in [-0.4, -0.2) is 24.6 Å². The first kappa shape index (κ1) is 18.1. The highest BCUT2D eigenvalue weighted by atomic mass is 35.5. The van der Waals surface area contributed by atoms with Crippen molar-refractivity contribution in [3.63, 3.8) is 0 Å². The molecule has 1 aliphatic heterocycles. The van der Waals surface area contributed by atoms with E-state index in [1.54, 1.807) is 18.2 Å². The molecule has 0 radical (unpaired) electrons. The van der Waals surface area contributed by atoms with E-state index in [1.807, 2.05) is 44.2 Å². The van der Waals surface area contributed by atoms with Crippen molar-refractivity contribution in [1.82, 2.24) is 0 Å². The Hall–Kier alpha value is -2.66. The largest absolute Gasteiger partial charge is 0.323 e. The normalized spacial score (nSPS) is 17.4. The van der Waals surface area contributed by atoms with Gasteiger partial charge in [-0.1, -0.05) is 43.6 Å². The number of rotatable bonds is 4. The number of nitrogens with zero attached hydrogens (tertiary/aromatic N) is 2. The molecule has 1 aliphatic rings. The van der Waals surface area contributed by atoms with Gasteiger partial charge in [-0.25, -0.2) is 0 Å². The summed E-state index contributed by atoms with van der Waals surface area (Å²) in [5, 5.41) is 3.30. The number of halogens is 1. The molecule has 3 rings (SSSR count). The number of hydrogen-bond acceptors (Lipinski definition) is 3. The van der Waals surface area contributed by atoms with Crippen molar-refractivity contribution in [3.8, 4) is 0 Å². The number of para-hydroxylation sites is 1. The molecule has 2 aromatic carbocycles. The summed E-state index contributed by atoms with van der Waals surface area (Å²) < 4.78 is 0. The Bertz CT molecular complexity index is 849. The Balaban J connectivity index is 2.09. The van der Waals surface area contributed by atoms with Crippen LogP contribution in [0.1, 0.15) is 13.8 Å². The van der Waals surface area contributed by atoms with Gasteiger partial charge in [-0.05, 0) is 36.2 Å². The summed E-state index contributed by atoms with van der Waals surface area (Å²) >= 11 is 6.14. The zero-order valence-electron chi connectivity index (χ0n) is 14.6. The van der Waals surface area contributed by atoms with E-state index in [-0.39, 0.29) is 5.91 Å². The van der Waals surface area contributed by atoms with Gasteiger partial charge in [0.2, 0.25) is 11.8 Å². The van der Waals surface area contributed by atoms with Crippen molar-refractivity contribution >= 4 is 46.7 Å². The molecular weight excluding hydrogens is 350 g/mol. The molecule has 1 N–H and O–H groups in total. The SMILES string of the molecule is CC(C)CN=CC1C(=O)Nc2ccc(Cl)cc2N(c2ccccc2)C1=O. The first-order valence-corrected chi connectivity index (χ1v) is 8.84. The minimum Gasteiger partial charge on any atom is -0.323 e. The van der Waals surface area contributed by atoms with Crippen LogP contribution in [0, 0.1) is 11.8 Å². The zero-order chi connectivity index (χ0) is 18.7. The average molecular weight is 370 g/mol. The van der Waals surface area contributed by atoms with Crippen LogP contribution in [0.2, 0.25) is 5.02 Å². The van der Waals surface area contributed by atoms with Gasteiger partial charge < -0.3 is 5.32 Å². The second-order valence-corrected chi connectivity index (χ2v) is 6.98. The third kappa shape index (κ3) is 3.78. The number of amides is 2. The van der Waals surface area contributed by atoms with Crippen molar-refractivity contribution < 1.29 is 9.59 Å². The number of carbonyl (C=O) groups excluding carboxylic acids is 2.